The zero-order valence-electron chi connectivity index (χ0n) is 17.2. The number of nitrogens with zero attached hydrogens (tertiary/aromatic N) is 5. The fourth-order valence-electron chi connectivity index (χ4n) is 4.25. The summed E-state index contributed by atoms with van der Waals surface area (Å²) in [6, 6.07) is 4.83. The number of pyridine rings is 1. The summed E-state index contributed by atoms with van der Waals surface area (Å²) in [7, 11) is 0. The first-order valence-electron chi connectivity index (χ1n) is 10.2. The van der Waals surface area contributed by atoms with Crippen molar-refractivity contribution in [3.63, 3.8) is 0 Å². The molecule has 3 aromatic rings. The maximum absolute atomic E-state index is 5.32. The van der Waals surface area contributed by atoms with Crippen LogP contribution in [0.25, 0.3) is 11.3 Å². The molecule has 0 aliphatic carbocycles. The number of imidazole rings is 1. The minimum absolute atomic E-state index is 0.453. The number of piperidine rings is 1. The van der Waals surface area contributed by atoms with Gasteiger partial charge in [-0.05, 0) is 77.2 Å². The van der Waals surface area contributed by atoms with E-state index in [9.17, 15) is 0 Å². The number of hydrogen-bond acceptors (Lipinski definition) is 5. The van der Waals surface area contributed by atoms with Crippen molar-refractivity contribution in [1.82, 2.24) is 24.6 Å². The predicted octanol–water partition coefficient (Wildman–Crippen LogP) is 4.51. The van der Waals surface area contributed by atoms with Crippen LogP contribution in [0.5, 0.6) is 0 Å². The second kappa shape index (κ2) is 7.87. The third kappa shape index (κ3) is 3.74. The van der Waals surface area contributed by atoms with Crippen LogP contribution in [-0.4, -0.2) is 37.7 Å². The minimum atomic E-state index is 0.453. The Hall–Kier alpha value is -2.47. The molecule has 4 heterocycles. The van der Waals surface area contributed by atoms with Crippen molar-refractivity contribution in [2.24, 2.45) is 0 Å². The molecule has 6 heteroatoms. The highest BCUT2D eigenvalue weighted by Crippen LogP contribution is 2.32. The van der Waals surface area contributed by atoms with E-state index in [1.165, 1.54) is 5.56 Å². The number of rotatable bonds is 5. The Morgan fingerprint density at radius 1 is 1.14 bits per heavy atom. The lowest BCUT2D eigenvalue weighted by Crippen LogP contribution is -2.33. The van der Waals surface area contributed by atoms with E-state index in [0.29, 0.717) is 12.0 Å². The Morgan fingerprint density at radius 3 is 2.61 bits per heavy atom. The highest BCUT2D eigenvalue weighted by atomic mass is 16.5. The Bertz CT molecular complexity index is 915. The fraction of sp³-hybridized carbons (Fsp3) is 0.500. The van der Waals surface area contributed by atoms with Gasteiger partial charge in [-0.3, -0.25) is 9.88 Å². The average molecular weight is 380 g/mol. The topological polar surface area (TPSA) is 60.0 Å². The molecular weight excluding hydrogens is 350 g/mol. The molecule has 28 heavy (non-hydrogen) atoms. The molecule has 0 unspecified atom stereocenters. The van der Waals surface area contributed by atoms with Crippen molar-refractivity contribution in [2.45, 2.75) is 59.0 Å². The van der Waals surface area contributed by atoms with Gasteiger partial charge in [-0.15, -0.1) is 0 Å². The molecule has 4 rings (SSSR count). The van der Waals surface area contributed by atoms with Crippen LogP contribution in [-0.2, 0) is 6.54 Å². The number of aryl methyl sites for hydroxylation is 2. The molecule has 0 radical (unpaired) electrons. The van der Waals surface area contributed by atoms with E-state index in [2.05, 4.69) is 56.8 Å². The number of aromatic nitrogens is 4. The van der Waals surface area contributed by atoms with Crippen LogP contribution in [0.4, 0.5) is 0 Å². The Kier molecular flexibility index (Phi) is 5.31. The smallest absolute Gasteiger partial charge is 0.143 e. The molecule has 148 valence electrons. The highest BCUT2D eigenvalue weighted by Gasteiger charge is 2.23. The molecule has 0 spiro atoms. The van der Waals surface area contributed by atoms with Gasteiger partial charge >= 0.3 is 0 Å². The molecule has 0 saturated carbocycles. The summed E-state index contributed by atoms with van der Waals surface area (Å²) in [6.07, 6.45) is 8.23. The van der Waals surface area contributed by atoms with Gasteiger partial charge in [0, 0.05) is 24.6 Å². The molecule has 1 aliphatic heterocycles. The monoisotopic (exact) mass is 379 g/mol. The van der Waals surface area contributed by atoms with E-state index in [1.54, 1.807) is 0 Å². The third-order valence-electron chi connectivity index (χ3n) is 5.80. The van der Waals surface area contributed by atoms with Crippen molar-refractivity contribution in [1.29, 1.82) is 0 Å². The third-order valence-corrected chi connectivity index (χ3v) is 5.80. The summed E-state index contributed by atoms with van der Waals surface area (Å²) < 4.78 is 7.59. The standard InChI is InChI=1S/C22H29N5O/c1-15(2)27-12-9-24-21(27)14-26-10-6-18(7-11-26)19-5-8-23-20(13-19)22-16(3)25-28-17(22)4/h5,8-9,12-13,15,18H,6-7,10-11,14H2,1-4H3. The van der Waals surface area contributed by atoms with Crippen LogP contribution in [0.1, 0.15) is 61.5 Å². The fourth-order valence-corrected chi connectivity index (χ4v) is 4.25. The Labute approximate surface area is 166 Å². The van der Waals surface area contributed by atoms with E-state index in [4.69, 9.17) is 4.52 Å². The van der Waals surface area contributed by atoms with Gasteiger partial charge in [-0.2, -0.15) is 0 Å². The first kappa shape index (κ1) is 18.9. The summed E-state index contributed by atoms with van der Waals surface area (Å²) in [5.74, 6) is 2.57. The molecule has 1 fully saturated rings. The second-order valence-corrected chi connectivity index (χ2v) is 8.07. The van der Waals surface area contributed by atoms with Crippen LogP contribution in [0, 0.1) is 13.8 Å². The summed E-state index contributed by atoms with van der Waals surface area (Å²) >= 11 is 0. The molecular formula is C22H29N5O. The summed E-state index contributed by atoms with van der Waals surface area (Å²) in [5, 5.41) is 4.07. The number of hydrogen-bond donors (Lipinski definition) is 0. The highest BCUT2D eigenvalue weighted by molar-refractivity contribution is 5.64. The second-order valence-electron chi connectivity index (χ2n) is 8.07. The summed E-state index contributed by atoms with van der Waals surface area (Å²) in [4.78, 5) is 11.7. The molecule has 0 N–H and O–H groups in total. The first-order valence-corrected chi connectivity index (χ1v) is 10.2. The molecule has 0 bridgehead atoms. The van der Waals surface area contributed by atoms with Gasteiger partial charge in [-0.25, -0.2) is 4.98 Å². The predicted molar refractivity (Wildman–Crippen MR) is 109 cm³/mol. The van der Waals surface area contributed by atoms with Crippen LogP contribution in [0.2, 0.25) is 0 Å². The molecule has 1 saturated heterocycles. The van der Waals surface area contributed by atoms with Crippen molar-refractivity contribution < 1.29 is 4.52 Å². The molecule has 3 aromatic heterocycles. The molecule has 0 aromatic carbocycles. The Balaban J connectivity index is 1.43. The zero-order valence-corrected chi connectivity index (χ0v) is 17.2. The molecule has 0 atom stereocenters. The van der Waals surface area contributed by atoms with Gasteiger partial charge in [0.1, 0.15) is 11.6 Å². The summed E-state index contributed by atoms with van der Waals surface area (Å²) in [5.41, 5.74) is 4.26. The lowest BCUT2D eigenvalue weighted by Gasteiger charge is -2.32. The van der Waals surface area contributed by atoms with Gasteiger partial charge < -0.3 is 9.09 Å². The quantitative estimate of drug-likeness (QED) is 0.653. The summed E-state index contributed by atoms with van der Waals surface area (Å²) in [6.45, 7) is 11.5. The minimum Gasteiger partial charge on any atom is -0.361 e. The van der Waals surface area contributed by atoms with Gasteiger partial charge in [-0.1, -0.05) is 5.16 Å². The maximum atomic E-state index is 5.32. The average Bonchev–Trinajstić information content (AvgIpc) is 3.29. The van der Waals surface area contributed by atoms with E-state index in [1.807, 2.05) is 26.2 Å². The van der Waals surface area contributed by atoms with E-state index < -0.39 is 0 Å². The van der Waals surface area contributed by atoms with Crippen molar-refractivity contribution >= 4 is 0 Å². The lowest BCUT2D eigenvalue weighted by atomic mass is 9.89. The Morgan fingerprint density at radius 2 is 1.93 bits per heavy atom. The van der Waals surface area contributed by atoms with E-state index >= 15 is 0 Å². The van der Waals surface area contributed by atoms with Crippen LogP contribution in [0.15, 0.2) is 35.2 Å². The van der Waals surface area contributed by atoms with Gasteiger partial charge in [0.25, 0.3) is 0 Å². The normalized spacial score (nSPS) is 16.2. The van der Waals surface area contributed by atoms with Gasteiger partial charge in [0.05, 0.1) is 23.5 Å². The largest absolute Gasteiger partial charge is 0.361 e. The van der Waals surface area contributed by atoms with Crippen LogP contribution >= 0.6 is 0 Å². The molecule has 6 nitrogen and oxygen atoms in total. The lowest BCUT2D eigenvalue weighted by molar-refractivity contribution is 0.197. The first-order chi connectivity index (χ1) is 13.5. The van der Waals surface area contributed by atoms with E-state index in [0.717, 1.165) is 61.0 Å². The van der Waals surface area contributed by atoms with Crippen LogP contribution in [0.3, 0.4) is 0 Å². The van der Waals surface area contributed by atoms with Crippen molar-refractivity contribution in [3.8, 4) is 11.3 Å². The van der Waals surface area contributed by atoms with Gasteiger partial charge in [0.2, 0.25) is 0 Å². The number of likely N-dealkylation sites (tertiary alicyclic amines) is 1. The SMILES string of the molecule is Cc1noc(C)c1-c1cc(C2CCN(Cc3nccn3C(C)C)CC2)ccn1. The molecule has 1 aliphatic rings. The maximum Gasteiger partial charge on any atom is 0.143 e. The van der Waals surface area contributed by atoms with E-state index in [-0.39, 0.29) is 0 Å². The van der Waals surface area contributed by atoms with Crippen LogP contribution < -0.4 is 0 Å². The van der Waals surface area contributed by atoms with Crippen molar-refractivity contribution in [3.05, 3.63) is 53.6 Å². The molecule has 0 amide bonds. The van der Waals surface area contributed by atoms with Crippen molar-refractivity contribution in [2.75, 3.05) is 13.1 Å². The van der Waals surface area contributed by atoms with Gasteiger partial charge in [0.15, 0.2) is 0 Å². The zero-order chi connectivity index (χ0) is 19.7.